The molecule has 1 N–H and O–H groups in total. The lowest BCUT2D eigenvalue weighted by molar-refractivity contribution is -0.0159. The molecule has 0 spiro atoms. The number of furan rings is 1. The molecule has 3 nitrogen and oxygen atoms in total. The third kappa shape index (κ3) is 2.61. The molecule has 0 unspecified atom stereocenters. The lowest BCUT2D eigenvalue weighted by atomic mass is 9.96. The van der Waals surface area contributed by atoms with Crippen molar-refractivity contribution in [1.29, 1.82) is 0 Å². The Kier molecular flexibility index (Phi) is 3.44. The Hall–Kier alpha value is -0.800. The number of hydrogen-bond donors (Lipinski definition) is 1. The first-order valence-electron chi connectivity index (χ1n) is 5.64. The quantitative estimate of drug-likeness (QED) is 0.808. The Labute approximate surface area is 90.8 Å². The minimum absolute atomic E-state index is 0.475. The van der Waals surface area contributed by atoms with Gasteiger partial charge in [-0.1, -0.05) is 0 Å². The van der Waals surface area contributed by atoms with E-state index >= 15 is 0 Å². The van der Waals surface area contributed by atoms with Gasteiger partial charge in [-0.25, -0.2) is 0 Å². The average molecular weight is 209 g/mol. The van der Waals surface area contributed by atoms with Crippen LogP contribution in [0.25, 0.3) is 0 Å². The maximum Gasteiger partial charge on any atom is 0.130 e. The Bertz CT molecular complexity index is 315. The predicted molar refractivity (Wildman–Crippen MR) is 58.6 cm³/mol. The van der Waals surface area contributed by atoms with E-state index in [2.05, 4.69) is 11.4 Å². The fraction of sp³-hybridized carbons (Fsp3) is 0.667. The van der Waals surface area contributed by atoms with Crippen LogP contribution in [0.3, 0.4) is 0 Å². The van der Waals surface area contributed by atoms with Crippen LogP contribution in [0.15, 0.2) is 10.5 Å². The fourth-order valence-corrected chi connectivity index (χ4v) is 1.76. The first-order chi connectivity index (χ1) is 7.29. The molecule has 0 bridgehead atoms. The van der Waals surface area contributed by atoms with Crippen molar-refractivity contribution in [3.63, 3.8) is 0 Å². The highest BCUT2D eigenvalue weighted by Crippen LogP contribution is 2.24. The second-order valence-electron chi connectivity index (χ2n) is 4.19. The fourth-order valence-electron chi connectivity index (χ4n) is 1.76. The van der Waals surface area contributed by atoms with Crippen molar-refractivity contribution in [2.45, 2.75) is 45.4 Å². The maximum atomic E-state index is 5.70. The van der Waals surface area contributed by atoms with Crippen molar-refractivity contribution >= 4 is 0 Å². The van der Waals surface area contributed by atoms with Crippen LogP contribution in [0.2, 0.25) is 0 Å². The zero-order valence-corrected chi connectivity index (χ0v) is 9.51. The molecule has 0 aromatic carbocycles. The van der Waals surface area contributed by atoms with Crippen LogP contribution in [-0.4, -0.2) is 13.2 Å². The minimum atomic E-state index is 0.475. The van der Waals surface area contributed by atoms with Crippen LogP contribution in [0.4, 0.5) is 0 Å². The standard InChI is InChI=1S/C12H19NO2/c1-9-10(7-13-2)6-12(15-9)8-14-11-4-3-5-11/h6,11,13H,3-5,7-8H2,1-2H3. The molecule has 3 heteroatoms. The largest absolute Gasteiger partial charge is 0.464 e. The van der Waals surface area contributed by atoms with E-state index in [0.29, 0.717) is 12.7 Å². The Morgan fingerprint density at radius 3 is 2.93 bits per heavy atom. The number of ether oxygens (including phenoxy) is 1. The van der Waals surface area contributed by atoms with E-state index in [1.54, 1.807) is 0 Å². The van der Waals surface area contributed by atoms with Crippen molar-refractivity contribution in [3.05, 3.63) is 23.2 Å². The van der Waals surface area contributed by atoms with Gasteiger partial charge in [0.15, 0.2) is 0 Å². The normalized spacial score (nSPS) is 16.7. The summed E-state index contributed by atoms with van der Waals surface area (Å²) in [5.74, 6) is 1.95. The summed E-state index contributed by atoms with van der Waals surface area (Å²) in [5, 5.41) is 3.12. The van der Waals surface area contributed by atoms with Gasteiger partial charge in [0.1, 0.15) is 18.1 Å². The van der Waals surface area contributed by atoms with Gasteiger partial charge in [-0.15, -0.1) is 0 Å². The third-order valence-corrected chi connectivity index (χ3v) is 2.95. The molecule has 1 aromatic heterocycles. The van der Waals surface area contributed by atoms with E-state index in [0.717, 1.165) is 18.1 Å². The molecule has 1 heterocycles. The molecular weight excluding hydrogens is 190 g/mol. The second-order valence-corrected chi connectivity index (χ2v) is 4.19. The first-order valence-corrected chi connectivity index (χ1v) is 5.64. The van der Waals surface area contributed by atoms with Crippen LogP contribution in [-0.2, 0) is 17.9 Å². The van der Waals surface area contributed by atoms with Gasteiger partial charge < -0.3 is 14.5 Å². The van der Waals surface area contributed by atoms with E-state index in [-0.39, 0.29) is 0 Å². The molecule has 0 atom stereocenters. The van der Waals surface area contributed by atoms with Crippen LogP contribution >= 0.6 is 0 Å². The van der Waals surface area contributed by atoms with Crippen LogP contribution in [0.5, 0.6) is 0 Å². The Morgan fingerprint density at radius 1 is 1.53 bits per heavy atom. The minimum Gasteiger partial charge on any atom is -0.464 e. The van der Waals surface area contributed by atoms with E-state index in [4.69, 9.17) is 9.15 Å². The Morgan fingerprint density at radius 2 is 2.33 bits per heavy atom. The van der Waals surface area contributed by atoms with Crippen molar-refractivity contribution < 1.29 is 9.15 Å². The molecule has 1 saturated carbocycles. The van der Waals surface area contributed by atoms with Crippen LogP contribution in [0.1, 0.15) is 36.3 Å². The van der Waals surface area contributed by atoms with Crippen LogP contribution < -0.4 is 5.32 Å². The zero-order chi connectivity index (χ0) is 10.7. The summed E-state index contributed by atoms with van der Waals surface area (Å²) >= 11 is 0. The number of nitrogens with one attached hydrogen (secondary N) is 1. The number of rotatable bonds is 5. The van der Waals surface area contributed by atoms with Gasteiger partial charge in [0.2, 0.25) is 0 Å². The van der Waals surface area contributed by atoms with Gasteiger partial charge in [0.05, 0.1) is 6.10 Å². The average Bonchev–Trinajstić information content (AvgIpc) is 2.45. The van der Waals surface area contributed by atoms with Gasteiger partial charge in [-0.2, -0.15) is 0 Å². The molecule has 2 rings (SSSR count). The van der Waals surface area contributed by atoms with Crippen LogP contribution in [0, 0.1) is 6.92 Å². The van der Waals surface area contributed by atoms with E-state index in [1.165, 1.54) is 24.8 Å². The monoisotopic (exact) mass is 209 g/mol. The summed E-state index contributed by atoms with van der Waals surface area (Å²) in [7, 11) is 1.94. The van der Waals surface area contributed by atoms with Gasteiger partial charge in [0, 0.05) is 12.1 Å². The highest BCUT2D eigenvalue weighted by molar-refractivity contribution is 5.20. The molecule has 1 aromatic rings. The summed E-state index contributed by atoms with van der Waals surface area (Å²) in [6, 6.07) is 2.09. The molecule has 84 valence electrons. The van der Waals surface area contributed by atoms with E-state index in [9.17, 15) is 0 Å². The summed E-state index contributed by atoms with van der Waals surface area (Å²) in [6.07, 6.45) is 4.21. The number of hydrogen-bond acceptors (Lipinski definition) is 3. The second kappa shape index (κ2) is 4.81. The molecule has 15 heavy (non-hydrogen) atoms. The molecular formula is C12H19NO2. The molecule has 1 fully saturated rings. The molecule has 1 aliphatic carbocycles. The van der Waals surface area contributed by atoms with Crippen molar-refractivity contribution in [2.24, 2.45) is 0 Å². The zero-order valence-electron chi connectivity index (χ0n) is 9.51. The maximum absolute atomic E-state index is 5.70. The molecule has 0 amide bonds. The lowest BCUT2D eigenvalue weighted by Gasteiger charge is -2.24. The third-order valence-electron chi connectivity index (χ3n) is 2.95. The van der Waals surface area contributed by atoms with Crippen molar-refractivity contribution in [3.8, 4) is 0 Å². The van der Waals surface area contributed by atoms with Gasteiger partial charge >= 0.3 is 0 Å². The van der Waals surface area contributed by atoms with E-state index in [1.807, 2.05) is 14.0 Å². The Balaban J connectivity index is 1.87. The highest BCUT2D eigenvalue weighted by atomic mass is 16.5. The summed E-state index contributed by atoms with van der Waals surface area (Å²) in [4.78, 5) is 0. The van der Waals surface area contributed by atoms with E-state index < -0.39 is 0 Å². The summed E-state index contributed by atoms with van der Waals surface area (Å²) < 4.78 is 11.3. The van der Waals surface area contributed by atoms with Crippen molar-refractivity contribution in [2.75, 3.05) is 7.05 Å². The molecule has 1 aliphatic rings. The first kappa shape index (κ1) is 10.7. The summed E-state index contributed by atoms with van der Waals surface area (Å²) in [6.45, 7) is 3.48. The predicted octanol–water partition coefficient (Wildman–Crippen LogP) is 2.38. The van der Waals surface area contributed by atoms with Gasteiger partial charge in [-0.05, 0) is 39.3 Å². The van der Waals surface area contributed by atoms with Crippen molar-refractivity contribution in [1.82, 2.24) is 5.32 Å². The topological polar surface area (TPSA) is 34.4 Å². The van der Waals surface area contributed by atoms with Gasteiger partial charge in [-0.3, -0.25) is 0 Å². The van der Waals surface area contributed by atoms with Gasteiger partial charge in [0.25, 0.3) is 0 Å². The molecule has 0 saturated heterocycles. The highest BCUT2D eigenvalue weighted by Gasteiger charge is 2.18. The molecule has 0 radical (unpaired) electrons. The lowest BCUT2D eigenvalue weighted by Crippen LogP contribution is -2.20. The number of aryl methyl sites for hydroxylation is 1. The molecule has 0 aliphatic heterocycles. The SMILES string of the molecule is CNCc1cc(COC2CCC2)oc1C. The smallest absolute Gasteiger partial charge is 0.130 e. The summed E-state index contributed by atoms with van der Waals surface area (Å²) in [5.41, 5.74) is 1.23.